The van der Waals surface area contributed by atoms with Crippen LogP contribution in [0.1, 0.15) is 31.2 Å². The summed E-state index contributed by atoms with van der Waals surface area (Å²) in [6.07, 6.45) is 5.62. The quantitative estimate of drug-likeness (QED) is 0.823. The standard InChI is InChI=1S/C15H20O3/c1-16-13-5-3-12(4-6-13)11-14-7-9-15(18-14)8-2-10-17-15/h3-6,14H,2,7-11H2,1H3. The lowest BCUT2D eigenvalue weighted by atomic mass is 10.0. The van der Waals surface area contributed by atoms with E-state index in [1.54, 1.807) is 7.11 Å². The van der Waals surface area contributed by atoms with Gasteiger partial charge in [-0.2, -0.15) is 0 Å². The van der Waals surface area contributed by atoms with Crippen molar-refractivity contribution >= 4 is 0 Å². The lowest BCUT2D eigenvalue weighted by Crippen LogP contribution is -2.28. The molecule has 2 atom stereocenters. The van der Waals surface area contributed by atoms with Crippen molar-refractivity contribution < 1.29 is 14.2 Å². The van der Waals surface area contributed by atoms with Crippen molar-refractivity contribution in [1.29, 1.82) is 0 Å². The summed E-state index contributed by atoms with van der Waals surface area (Å²) in [6.45, 7) is 0.856. The molecule has 2 aliphatic heterocycles. The maximum Gasteiger partial charge on any atom is 0.168 e. The minimum absolute atomic E-state index is 0.239. The van der Waals surface area contributed by atoms with Crippen LogP contribution in [0.15, 0.2) is 24.3 Å². The van der Waals surface area contributed by atoms with E-state index in [0.29, 0.717) is 6.10 Å². The van der Waals surface area contributed by atoms with Crippen molar-refractivity contribution in [3.8, 4) is 5.75 Å². The SMILES string of the molecule is COc1ccc(CC2CCC3(CCCO3)O2)cc1. The van der Waals surface area contributed by atoms with Crippen molar-refractivity contribution in [3.05, 3.63) is 29.8 Å². The normalized spacial score (nSPS) is 31.1. The summed E-state index contributed by atoms with van der Waals surface area (Å²) in [6, 6.07) is 8.24. The molecule has 3 heteroatoms. The molecule has 0 radical (unpaired) electrons. The molecule has 3 nitrogen and oxygen atoms in total. The molecule has 0 aromatic heterocycles. The molecule has 0 aliphatic carbocycles. The third kappa shape index (κ3) is 2.38. The fourth-order valence-electron chi connectivity index (χ4n) is 2.93. The summed E-state index contributed by atoms with van der Waals surface area (Å²) >= 11 is 0. The van der Waals surface area contributed by atoms with Crippen LogP contribution in [0.5, 0.6) is 5.75 Å². The smallest absolute Gasteiger partial charge is 0.168 e. The lowest BCUT2D eigenvalue weighted by molar-refractivity contribution is -0.198. The van der Waals surface area contributed by atoms with Gasteiger partial charge in [0.25, 0.3) is 0 Å². The molecule has 3 rings (SSSR count). The molecule has 0 amide bonds. The fourth-order valence-corrected chi connectivity index (χ4v) is 2.93. The molecule has 18 heavy (non-hydrogen) atoms. The van der Waals surface area contributed by atoms with Gasteiger partial charge in [0, 0.05) is 12.8 Å². The van der Waals surface area contributed by atoms with Crippen LogP contribution >= 0.6 is 0 Å². The van der Waals surface area contributed by atoms with Crippen LogP contribution in [-0.4, -0.2) is 25.6 Å². The molecule has 2 fully saturated rings. The van der Waals surface area contributed by atoms with E-state index in [1.165, 1.54) is 5.56 Å². The first kappa shape index (κ1) is 12.0. The van der Waals surface area contributed by atoms with Gasteiger partial charge in [0.2, 0.25) is 0 Å². The van der Waals surface area contributed by atoms with E-state index < -0.39 is 0 Å². The van der Waals surface area contributed by atoms with Gasteiger partial charge in [-0.3, -0.25) is 0 Å². The Bertz CT molecular complexity index is 393. The first-order chi connectivity index (χ1) is 8.80. The van der Waals surface area contributed by atoms with E-state index in [0.717, 1.165) is 44.5 Å². The Kier molecular flexibility index (Phi) is 3.27. The maximum atomic E-state index is 6.12. The van der Waals surface area contributed by atoms with E-state index in [1.807, 2.05) is 12.1 Å². The number of hydrogen-bond donors (Lipinski definition) is 0. The third-order valence-corrected chi connectivity index (χ3v) is 3.92. The van der Waals surface area contributed by atoms with Crippen LogP contribution in [0, 0.1) is 0 Å². The summed E-state index contributed by atoms with van der Waals surface area (Å²) in [5, 5.41) is 0. The van der Waals surface area contributed by atoms with Gasteiger partial charge in [-0.15, -0.1) is 0 Å². The van der Waals surface area contributed by atoms with Gasteiger partial charge in [0.15, 0.2) is 5.79 Å². The average molecular weight is 248 g/mol. The summed E-state index contributed by atoms with van der Waals surface area (Å²) in [7, 11) is 1.69. The van der Waals surface area contributed by atoms with Crippen LogP contribution in [0.4, 0.5) is 0 Å². The van der Waals surface area contributed by atoms with Crippen molar-refractivity contribution in [2.45, 2.75) is 44.0 Å². The second kappa shape index (κ2) is 4.90. The van der Waals surface area contributed by atoms with Crippen molar-refractivity contribution in [2.75, 3.05) is 13.7 Å². The topological polar surface area (TPSA) is 27.7 Å². The van der Waals surface area contributed by atoms with Crippen LogP contribution in [-0.2, 0) is 15.9 Å². The number of methoxy groups -OCH3 is 1. The highest BCUT2D eigenvalue weighted by Crippen LogP contribution is 2.40. The second-order valence-electron chi connectivity index (χ2n) is 5.19. The zero-order valence-electron chi connectivity index (χ0n) is 10.9. The zero-order chi connectivity index (χ0) is 12.4. The molecule has 2 saturated heterocycles. The highest BCUT2D eigenvalue weighted by molar-refractivity contribution is 5.27. The highest BCUT2D eigenvalue weighted by Gasteiger charge is 2.43. The Labute approximate surface area is 108 Å². The van der Waals surface area contributed by atoms with Crippen molar-refractivity contribution in [2.24, 2.45) is 0 Å². The molecule has 1 aromatic carbocycles. The van der Waals surface area contributed by atoms with Crippen LogP contribution < -0.4 is 4.74 Å². The monoisotopic (exact) mass is 248 g/mol. The van der Waals surface area contributed by atoms with Gasteiger partial charge in [-0.25, -0.2) is 0 Å². The molecule has 0 N–H and O–H groups in total. The summed E-state index contributed by atoms with van der Waals surface area (Å²) in [4.78, 5) is 0. The molecule has 2 heterocycles. The molecule has 2 unspecified atom stereocenters. The third-order valence-electron chi connectivity index (χ3n) is 3.92. The largest absolute Gasteiger partial charge is 0.497 e. The second-order valence-corrected chi connectivity index (χ2v) is 5.19. The predicted molar refractivity (Wildman–Crippen MR) is 68.7 cm³/mol. The Hall–Kier alpha value is -1.06. The maximum absolute atomic E-state index is 6.12. The van der Waals surface area contributed by atoms with Gasteiger partial charge < -0.3 is 14.2 Å². The Morgan fingerprint density at radius 1 is 1.28 bits per heavy atom. The van der Waals surface area contributed by atoms with E-state index in [2.05, 4.69) is 12.1 Å². The Morgan fingerprint density at radius 2 is 2.11 bits per heavy atom. The van der Waals surface area contributed by atoms with E-state index in [4.69, 9.17) is 14.2 Å². The number of benzene rings is 1. The molecular weight excluding hydrogens is 228 g/mol. The van der Waals surface area contributed by atoms with Gasteiger partial charge in [-0.1, -0.05) is 12.1 Å². The van der Waals surface area contributed by atoms with Crippen molar-refractivity contribution in [1.82, 2.24) is 0 Å². The zero-order valence-corrected chi connectivity index (χ0v) is 10.9. The van der Waals surface area contributed by atoms with E-state index >= 15 is 0 Å². The minimum Gasteiger partial charge on any atom is -0.497 e. The number of rotatable bonds is 3. The van der Waals surface area contributed by atoms with Gasteiger partial charge in [-0.05, 0) is 37.0 Å². The molecule has 1 aromatic rings. The van der Waals surface area contributed by atoms with Gasteiger partial charge >= 0.3 is 0 Å². The number of ether oxygens (including phenoxy) is 3. The van der Waals surface area contributed by atoms with E-state index in [9.17, 15) is 0 Å². The minimum atomic E-state index is -0.239. The summed E-state index contributed by atoms with van der Waals surface area (Å²) in [5.41, 5.74) is 1.30. The Morgan fingerprint density at radius 3 is 2.78 bits per heavy atom. The van der Waals surface area contributed by atoms with Crippen LogP contribution in [0.2, 0.25) is 0 Å². The van der Waals surface area contributed by atoms with Crippen LogP contribution in [0.3, 0.4) is 0 Å². The van der Waals surface area contributed by atoms with Crippen LogP contribution in [0.25, 0.3) is 0 Å². The molecule has 2 aliphatic rings. The van der Waals surface area contributed by atoms with Gasteiger partial charge in [0.1, 0.15) is 5.75 Å². The highest BCUT2D eigenvalue weighted by atomic mass is 16.7. The predicted octanol–water partition coefficient (Wildman–Crippen LogP) is 2.92. The molecule has 0 saturated carbocycles. The molecule has 0 bridgehead atoms. The fraction of sp³-hybridized carbons (Fsp3) is 0.600. The number of hydrogen-bond acceptors (Lipinski definition) is 3. The Balaban J connectivity index is 1.60. The average Bonchev–Trinajstić information content (AvgIpc) is 3.02. The first-order valence-corrected chi connectivity index (χ1v) is 6.74. The molecule has 1 spiro atoms. The summed E-state index contributed by atoms with van der Waals surface area (Å²) < 4.78 is 17.0. The molecular formula is C15H20O3. The summed E-state index contributed by atoms with van der Waals surface area (Å²) in [5.74, 6) is 0.665. The molecule has 98 valence electrons. The van der Waals surface area contributed by atoms with Gasteiger partial charge in [0.05, 0.1) is 19.8 Å². The lowest BCUT2D eigenvalue weighted by Gasteiger charge is -2.23. The first-order valence-electron chi connectivity index (χ1n) is 6.74. The van der Waals surface area contributed by atoms with Crippen molar-refractivity contribution in [3.63, 3.8) is 0 Å². The van der Waals surface area contributed by atoms with E-state index in [-0.39, 0.29) is 5.79 Å².